The van der Waals surface area contributed by atoms with Crippen LogP contribution in [0, 0.1) is 11.8 Å². The molecule has 0 saturated carbocycles. The maximum absolute atomic E-state index is 12.9. The molecule has 0 unspecified atom stereocenters. The van der Waals surface area contributed by atoms with Gasteiger partial charge in [0.05, 0.1) is 5.69 Å². The molecule has 1 aliphatic rings. The first-order valence-corrected chi connectivity index (χ1v) is 9.13. The van der Waals surface area contributed by atoms with Gasteiger partial charge in [0, 0.05) is 6.42 Å². The van der Waals surface area contributed by atoms with Crippen LogP contribution in [-0.2, 0) is 9.59 Å². The first-order valence-electron chi connectivity index (χ1n) is 9.13. The Balaban J connectivity index is 2.24. The average molecular weight is 344 g/mol. The molecule has 0 spiro atoms. The van der Waals surface area contributed by atoms with Crippen molar-refractivity contribution in [3.05, 3.63) is 30.3 Å². The van der Waals surface area contributed by atoms with E-state index in [2.05, 4.69) is 6.92 Å². The topological polar surface area (TPSA) is 57.7 Å². The highest BCUT2D eigenvalue weighted by molar-refractivity contribution is 6.25. The molecule has 0 N–H and O–H groups in total. The Morgan fingerprint density at radius 2 is 1.76 bits per heavy atom. The summed E-state index contributed by atoms with van der Waals surface area (Å²) >= 11 is 0. The third kappa shape index (κ3) is 4.09. The normalized spacial score (nSPS) is 19.0. The molecular weight excluding hydrogens is 316 g/mol. The van der Waals surface area contributed by atoms with E-state index in [0.29, 0.717) is 12.1 Å². The van der Waals surface area contributed by atoms with E-state index in [1.54, 1.807) is 24.3 Å². The number of para-hydroxylation sites is 1. The molecule has 5 nitrogen and oxygen atoms in total. The molecule has 1 saturated heterocycles. The predicted octanol–water partition coefficient (Wildman–Crippen LogP) is 4.22. The van der Waals surface area contributed by atoms with Crippen LogP contribution in [0.15, 0.2) is 30.3 Å². The number of carbonyl (C=O) groups excluding carboxylic acids is 3. The van der Waals surface area contributed by atoms with Gasteiger partial charge in [-0.1, -0.05) is 65.2 Å². The zero-order valence-electron chi connectivity index (χ0n) is 15.6. The molecule has 1 aromatic rings. The number of rotatable bonds is 7. The summed E-state index contributed by atoms with van der Waals surface area (Å²) < 4.78 is 0. The Morgan fingerprint density at radius 1 is 1.12 bits per heavy atom. The number of imide groups is 2. The zero-order chi connectivity index (χ0) is 18.6. The number of unbranched alkanes of at least 4 members (excludes halogenated alkanes) is 1. The SMILES string of the molecule is CCCC[C@H](C)CC(=O)N1C(=O)N(c2ccccc2)C(=O)[C@@H]1C(C)C. The van der Waals surface area contributed by atoms with Gasteiger partial charge in [-0.05, 0) is 24.0 Å². The number of urea groups is 1. The number of hydrogen-bond donors (Lipinski definition) is 0. The molecule has 25 heavy (non-hydrogen) atoms. The van der Waals surface area contributed by atoms with Crippen molar-refractivity contribution in [2.24, 2.45) is 11.8 Å². The van der Waals surface area contributed by atoms with Crippen molar-refractivity contribution < 1.29 is 14.4 Å². The maximum atomic E-state index is 12.9. The lowest BCUT2D eigenvalue weighted by Gasteiger charge is -2.24. The molecule has 2 rings (SSSR count). The van der Waals surface area contributed by atoms with Gasteiger partial charge in [-0.2, -0.15) is 0 Å². The Labute approximate surface area is 150 Å². The van der Waals surface area contributed by atoms with E-state index in [1.807, 2.05) is 26.8 Å². The minimum absolute atomic E-state index is 0.125. The molecule has 0 bridgehead atoms. The van der Waals surface area contributed by atoms with Crippen molar-refractivity contribution in [2.75, 3.05) is 4.90 Å². The molecule has 1 heterocycles. The average Bonchev–Trinajstić information content (AvgIpc) is 2.84. The monoisotopic (exact) mass is 344 g/mol. The summed E-state index contributed by atoms with van der Waals surface area (Å²) in [6.07, 6.45) is 3.39. The second kappa shape index (κ2) is 8.28. The summed E-state index contributed by atoms with van der Waals surface area (Å²) in [6, 6.07) is 7.55. The lowest BCUT2D eigenvalue weighted by molar-refractivity contribution is -0.134. The number of carbonyl (C=O) groups is 3. The number of amides is 4. The van der Waals surface area contributed by atoms with Gasteiger partial charge in [0.1, 0.15) is 6.04 Å². The van der Waals surface area contributed by atoms with Crippen molar-refractivity contribution in [1.82, 2.24) is 4.90 Å². The van der Waals surface area contributed by atoms with Crippen LogP contribution in [0.3, 0.4) is 0 Å². The van der Waals surface area contributed by atoms with Gasteiger partial charge in [0.15, 0.2) is 0 Å². The van der Waals surface area contributed by atoms with Crippen LogP contribution in [0.2, 0.25) is 0 Å². The third-order valence-electron chi connectivity index (χ3n) is 4.64. The molecule has 2 atom stereocenters. The first-order chi connectivity index (χ1) is 11.9. The smallest absolute Gasteiger partial charge is 0.274 e. The zero-order valence-corrected chi connectivity index (χ0v) is 15.6. The van der Waals surface area contributed by atoms with Crippen molar-refractivity contribution in [3.8, 4) is 0 Å². The second-order valence-electron chi connectivity index (χ2n) is 7.20. The molecule has 1 aromatic carbocycles. The summed E-state index contributed by atoms with van der Waals surface area (Å²) in [5.41, 5.74) is 0.512. The number of hydrogen-bond acceptors (Lipinski definition) is 3. The summed E-state index contributed by atoms with van der Waals surface area (Å²) in [6.45, 7) is 7.87. The highest BCUT2D eigenvalue weighted by Gasteiger charge is 2.50. The standard InChI is InChI=1S/C20H28N2O3/c1-5-6-10-15(4)13-17(23)22-18(14(2)3)19(24)21(20(22)25)16-11-8-7-9-12-16/h7-9,11-12,14-15,18H,5-6,10,13H2,1-4H3/t15-,18-/m0/s1. The van der Waals surface area contributed by atoms with E-state index in [9.17, 15) is 14.4 Å². The molecule has 5 heteroatoms. The number of nitrogens with zero attached hydrogens (tertiary/aromatic N) is 2. The number of anilines is 1. The molecule has 0 aromatic heterocycles. The van der Waals surface area contributed by atoms with Gasteiger partial charge in [-0.15, -0.1) is 0 Å². The van der Waals surface area contributed by atoms with Crippen molar-refractivity contribution in [3.63, 3.8) is 0 Å². The van der Waals surface area contributed by atoms with E-state index >= 15 is 0 Å². The van der Waals surface area contributed by atoms with Crippen LogP contribution >= 0.6 is 0 Å². The lowest BCUT2D eigenvalue weighted by atomic mass is 9.98. The van der Waals surface area contributed by atoms with E-state index < -0.39 is 12.1 Å². The lowest BCUT2D eigenvalue weighted by Crippen LogP contribution is -2.43. The van der Waals surface area contributed by atoms with E-state index in [4.69, 9.17) is 0 Å². The quantitative estimate of drug-likeness (QED) is 0.696. The van der Waals surface area contributed by atoms with Gasteiger partial charge < -0.3 is 0 Å². The third-order valence-corrected chi connectivity index (χ3v) is 4.64. The second-order valence-corrected chi connectivity index (χ2v) is 7.20. The summed E-state index contributed by atoms with van der Waals surface area (Å²) in [4.78, 5) is 40.8. The van der Waals surface area contributed by atoms with Gasteiger partial charge in [-0.25, -0.2) is 9.69 Å². The Kier molecular flexibility index (Phi) is 6.34. The predicted molar refractivity (Wildman–Crippen MR) is 98.1 cm³/mol. The number of benzene rings is 1. The fourth-order valence-electron chi connectivity index (χ4n) is 3.27. The molecule has 4 amide bonds. The van der Waals surface area contributed by atoms with Gasteiger partial charge in [-0.3, -0.25) is 14.5 Å². The molecule has 1 aliphatic heterocycles. The largest absolute Gasteiger partial charge is 0.338 e. The van der Waals surface area contributed by atoms with Crippen LogP contribution in [0.1, 0.15) is 53.4 Å². The molecule has 0 aliphatic carbocycles. The van der Waals surface area contributed by atoms with E-state index in [1.165, 1.54) is 4.90 Å². The van der Waals surface area contributed by atoms with Gasteiger partial charge in [0.2, 0.25) is 5.91 Å². The van der Waals surface area contributed by atoms with Crippen molar-refractivity contribution in [2.45, 2.75) is 59.4 Å². The van der Waals surface area contributed by atoms with Gasteiger partial charge >= 0.3 is 6.03 Å². The molecule has 1 fully saturated rings. The maximum Gasteiger partial charge on any atom is 0.338 e. The minimum Gasteiger partial charge on any atom is -0.274 e. The van der Waals surface area contributed by atoms with Crippen molar-refractivity contribution in [1.29, 1.82) is 0 Å². The van der Waals surface area contributed by atoms with Crippen molar-refractivity contribution >= 4 is 23.5 Å². The minimum atomic E-state index is -0.724. The highest BCUT2D eigenvalue weighted by atomic mass is 16.2. The summed E-state index contributed by atoms with van der Waals surface area (Å²) in [5.74, 6) is -0.492. The highest BCUT2D eigenvalue weighted by Crippen LogP contribution is 2.30. The summed E-state index contributed by atoms with van der Waals surface area (Å²) in [5, 5.41) is 0. The molecular formula is C20H28N2O3. The van der Waals surface area contributed by atoms with E-state index in [-0.39, 0.29) is 23.7 Å². The Morgan fingerprint density at radius 3 is 2.32 bits per heavy atom. The Hall–Kier alpha value is -2.17. The van der Waals surface area contributed by atoms with E-state index in [0.717, 1.165) is 24.2 Å². The fraction of sp³-hybridized carbons (Fsp3) is 0.550. The molecule has 0 radical (unpaired) electrons. The van der Waals surface area contributed by atoms with Crippen LogP contribution in [-0.4, -0.2) is 28.8 Å². The fourth-order valence-corrected chi connectivity index (χ4v) is 3.27. The van der Waals surface area contributed by atoms with Crippen LogP contribution in [0.5, 0.6) is 0 Å². The first kappa shape index (κ1) is 19.2. The Bertz CT molecular complexity index is 627. The van der Waals surface area contributed by atoms with Gasteiger partial charge in [0.25, 0.3) is 5.91 Å². The van der Waals surface area contributed by atoms with Crippen LogP contribution < -0.4 is 4.90 Å². The summed E-state index contributed by atoms with van der Waals surface area (Å²) in [7, 11) is 0. The van der Waals surface area contributed by atoms with Crippen LogP contribution in [0.25, 0.3) is 0 Å². The molecule has 136 valence electrons. The van der Waals surface area contributed by atoms with Crippen LogP contribution in [0.4, 0.5) is 10.5 Å².